The topological polar surface area (TPSA) is 39.2 Å². The minimum Gasteiger partial charge on any atom is -0.465 e. The van der Waals surface area contributed by atoms with Crippen LogP contribution in [0, 0.1) is 0 Å². The summed E-state index contributed by atoms with van der Waals surface area (Å²) in [4.78, 5) is 15.1. The van der Waals surface area contributed by atoms with Crippen LogP contribution in [0.3, 0.4) is 0 Å². The summed E-state index contributed by atoms with van der Waals surface area (Å²) in [5.74, 6) is -0.801. The second kappa shape index (κ2) is 5.54. The maximum atomic E-state index is 12.6. The molecule has 0 unspecified atom stereocenters. The Bertz CT molecular complexity index is 415. The van der Waals surface area contributed by atoms with E-state index in [0.717, 1.165) is 13.2 Å². The van der Waals surface area contributed by atoms with Crippen LogP contribution in [0.15, 0.2) is 10.7 Å². The summed E-state index contributed by atoms with van der Waals surface area (Å²) < 4.78 is 29.5. The molecule has 1 heterocycles. The van der Waals surface area contributed by atoms with Crippen LogP contribution in [-0.4, -0.2) is 18.1 Å². The number of rotatable bonds is 3. The molecule has 1 rings (SSSR count). The molecular formula is C9H7BrClF2NO2. The van der Waals surface area contributed by atoms with Crippen molar-refractivity contribution < 1.29 is 18.3 Å². The van der Waals surface area contributed by atoms with E-state index in [4.69, 9.17) is 11.6 Å². The van der Waals surface area contributed by atoms with Gasteiger partial charge in [0.25, 0.3) is 6.43 Å². The molecule has 3 nitrogen and oxygen atoms in total. The zero-order valence-electron chi connectivity index (χ0n) is 8.14. The number of hydrogen-bond donors (Lipinski definition) is 0. The monoisotopic (exact) mass is 313 g/mol. The number of pyridine rings is 1. The average molecular weight is 315 g/mol. The van der Waals surface area contributed by atoms with Gasteiger partial charge in [0.2, 0.25) is 0 Å². The maximum absolute atomic E-state index is 12.6. The van der Waals surface area contributed by atoms with E-state index in [1.54, 1.807) is 0 Å². The highest BCUT2D eigenvalue weighted by Gasteiger charge is 2.20. The molecule has 0 aliphatic carbocycles. The lowest BCUT2D eigenvalue weighted by Gasteiger charge is -2.09. The predicted octanol–water partition coefficient (Wildman–Crippen LogP) is 3.31. The van der Waals surface area contributed by atoms with Crippen molar-refractivity contribution in [3.63, 3.8) is 0 Å². The Balaban J connectivity index is 3.34. The zero-order chi connectivity index (χ0) is 12.3. The van der Waals surface area contributed by atoms with Crippen LogP contribution in [0.2, 0.25) is 0 Å². The van der Waals surface area contributed by atoms with E-state index >= 15 is 0 Å². The van der Waals surface area contributed by atoms with Gasteiger partial charge in [-0.25, -0.2) is 18.6 Å². The van der Waals surface area contributed by atoms with E-state index in [9.17, 15) is 13.6 Å². The van der Waals surface area contributed by atoms with E-state index in [0.29, 0.717) is 0 Å². The summed E-state index contributed by atoms with van der Waals surface area (Å²) in [6.07, 6.45) is -2.73. The van der Waals surface area contributed by atoms with Crippen molar-refractivity contribution in [2.45, 2.75) is 12.3 Å². The highest BCUT2D eigenvalue weighted by atomic mass is 79.9. The van der Waals surface area contributed by atoms with Crippen LogP contribution in [0.4, 0.5) is 8.78 Å². The number of esters is 1. The number of nitrogens with zero attached hydrogens (tertiary/aromatic N) is 1. The molecule has 16 heavy (non-hydrogen) atoms. The fourth-order valence-electron chi connectivity index (χ4n) is 1.08. The molecule has 7 heteroatoms. The Labute approximate surface area is 104 Å². The van der Waals surface area contributed by atoms with E-state index < -0.39 is 12.4 Å². The van der Waals surface area contributed by atoms with Gasteiger partial charge in [-0.2, -0.15) is 0 Å². The first-order valence-electron chi connectivity index (χ1n) is 4.13. The van der Waals surface area contributed by atoms with E-state index in [-0.39, 0.29) is 27.3 Å². The van der Waals surface area contributed by atoms with E-state index in [1.165, 1.54) is 0 Å². The zero-order valence-corrected chi connectivity index (χ0v) is 10.5. The summed E-state index contributed by atoms with van der Waals surface area (Å²) >= 11 is 8.45. The van der Waals surface area contributed by atoms with Crippen molar-refractivity contribution in [3.05, 3.63) is 27.5 Å². The van der Waals surface area contributed by atoms with Crippen molar-refractivity contribution in [1.82, 2.24) is 4.98 Å². The van der Waals surface area contributed by atoms with Gasteiger partial charge in [-0.05, 0) is 22.0 Å². The van der Waals surface area contributed by atoms with Gasteiger partial charge in [0.15, 0.2) is 0 Å². The fraction of sp³-hybridized carbons (Fsp3) is 0.333. The van der Waals surface area contributed by atoms with Crippen molar-refractivity contribution in [3.8, 4) is 0 Å². The molecule has 0 N–H and O–H groups in total. The number of carbonyl (C=O) groups is 1. The number of halogens is 4. The van der Waals surface area contributed by atoms with Gasteiger partial charge < -0.3 is 4.74 Å². The molecule has 0 saturated heterocycles. The highest BCUT2D eigenvalue weighted by molar-refractivity contribution is 9.10. The van der Waals surface area contributed by atoms with Crippen LogP contribution in [-0.2, 0) is 10.6 Å². The number of carbonyl (C=O) groups excluding carboxylic acids is 1. The van der Waals surface area contributed by atoms with Gasteiger partial charge in [0, 0.05) is 0 Å². The van der Waals surface area contributed by atoms with Gasteiger partial charge in [0.1, 0.15) is 4.60 Å². The van der Waals surface area contributed by atoms with Crippen LogP contribution < -0.4 is 0 Å². The molecule has 0 amide bonds. The summed E-state index contributed by atoms with van der Waals surface area (Å²) in [5.41, 5.74) is -0.213. The van der Waals surface area contributed by atoms with E-state index in [1.807, 2.05) is 0 Å². The van der Waals surface area contributed by atoms with E-state index in [2.05, 4.69) is 25.7 Å². The first-order chi connectivity index (χ1) is 7.51. The van der Waals surface area contributed by atoms with Crippen LogP contribution in [0.5, 0.6) is 0 Å². The molecule has 1 aromatic rings. The molecule has 0 aliphatic heterocycles. The molecule has 0 bridgehead atoms. The number of ether oxygens (including phenoxy) is 1. The SMILES string of the molecule is COC(=O)c1cc(C(F)F)c(Br)nc1CCl. The smallest absolute Gasteiger partial charge is 0.339 e. The van der Waals surface area contributed by atoms with Gasteiger partial charge in [-0.3, -0.25) is 0 Å². The average Bonchev–Trinajstić information content (AvgIpc) is 2.27. The lowest BCUT2D eigenvalue weighted by Crippen LogP contribution is -2.09. The second-order valence-electron chi connectivity index (χ2n) is 2.79. The first-order valence-corrected chi connectivity index (χ1v) is 5.45. The third kappa shape index (κ3) is 2.68. The quantitative estimate of drug-likeness (QED) is 0.488. The van der Waals surface area contributed by atoms with Crippen molar-refractivity contribution >= 4 is 33.5 Å². The predicted molar refractivity (Wildman–Crippen MR) is 57.8 cm³/mol. The van der Waals surface area contributed by atoms with Crippen molar-refractivity contribution in [2.24, 2.45) is 0 Å². The summed E-state index contributed by atoms with van der Waals surface area (Å²) in [6.45, 7) is 0. The minimum atomic E-state index is -2.73. The lowest BCUT2D eigenvalue weighted by molar-refractivity contribution is 0.0598. The van der Waals surface area contributed by atoms with Crippen LogP contribution in [0.25, 0.3) is 0 Å². The van der Waals surface area contributed by atoms with Gasteiger partial charge in [0.05, 0.1) is 29.8 Å². The van der Waals surface area contributed by atoms with Crippen LogP contribution >= 0.6 is 27.5 Å². The molecule has 0 atom stereocenters. The summed E-state index contributed by atoms with van der Waals surface area (Å²) in [7, 11) is 1.16. The fourth-order valence-corrected chi connectivity index (χ4v) is 1.79. The summed E-state index contributed by atoms with van der Waals surface area (Å²) in [6, 6.07) is 1.03. The molecule has 0 saturated carbocycles. The Morgan fingerprint density at radius 1 is 1.69 bits per heavy atom. The van der Waals surface area contributed by atoms with Gasteiger partial charge in [-0.1, -0.05) is 0 Å². The highest BCUT2D eigenvalue weighted by Crippen LogP contribution is 2.28. The number of alkyl halides is 3. The number of hydrogen-bond acceptors (Lipinski definition) is 3. The van der Waals surface area contributed by atoms with Crippen molar-refractivity contribution in [1.29, 1.82) is 0 Å². The molecule has 0 aromatic carbocycles. The Morgan fingerprint density at radius 3 is 2.75 bits per heavy atom. The largest absolute Gasteiger partial charge is 0.465 e. The number of methoxy groups -OCH3 is 1. The van der Waals surface area contributed by atoms with Crippen LogP contribution in [0.1, 0.15) is 28.0 Å². The first kappa shape index (κ1) is 13.3. The molecule has 88 valence electrons. The lowest BCUT2D eigenvalue weighted by atomic mass is 10.1. The van der Waals surface area contributed by atoms with Crippen molar-refractivity contribution in [2.75, 3.05) is 7.11 Å². The third-order valence-corrected chi connectivity index (χ3v) is 2.74. The Morgan fingerprint density at radius 2 is 2.31 bits per heavy atom. The normalized spacial score (nSPS) is 10.6. The van der Waals surface area contributed by atoms with Gasteiger partial charge >= 0.3 is 5.97 Å². The molecular weight excluding hydrogens is 307 g/mol. The molecule has 0 spiro atoms. The molecule has 0 radical (unpaired) electrons. The molecule has 0 fully saturated rings. The maximum Gasteiger partial charge on any atom is 0.339 e. The van der Waals surface area contributed by atoms with Gasteiger partial charge in [-0.15, -0.1) is 11.6 Å². The Hall–Kier alpha value is -0.750. The molecule has 0 aliphatic rings. The summed E-state index contributed by atoms with van der Waals surface area (Å²) in [5, 5.41) is 0. The second-order valence-corrected chi connectivity index (χ2v) is 3.81. The number of aromatic nitrogens is 1. The molecule has 1 aromatic heterocycles. The standard InChI is InChI=1S/C9H7BrClF2NO2/c1-16-9(15)4-2-5(8(12)13)7(10)14-6(4)3-11/h2,8H,3H2,1H3. The minimum absolute atomic E-state index is 0.0224. The third-order valence-electron chi connectivity index (χ3n) is 1.85. The Kier molecular flexibility index (Phi) is 4.61.